The first-order chi connectivity index (χ1) is 10.6. The molecule has 3 heterocycles. The molecule has 0 radical (unpaired) electrons. The molecule has 1 saturated heterocycles. The van der Waals surface area contributed by atoms with Crippen LogP contribution in [0.5, 0.6) is 0 Å². The van der Waals surface area contributed by atoms with Crippen LogP contribution in [0.3, 0.4) is 0 Å². The molecule has 0 spiro atoms. The van der Waals surface area contributed by atoms with Crippen molar-refractivity contribution in [2.75, 3.05) is 19.6 Å². The number of rotatable bonds is 6. The maximum atomic E-state index is 12.4. The summed E-state index contributed by atoms with van der Waals surface area (Å²) in [5, 5.41) is 3.99. The maximum absolute atomic E-state index is 12.4. The van der Waals surface area contributed by atoms with Gasteiger partial charge in [-0.15, -0.1) is 12.4 Å². The first-order valence-corrected chi connectivity index (χ1v) is 7.89. The van der Waals surface area contributed by atoms with E-state index in [4.69, 9.17) is 8.94 Å². The van der Waals surface area contributed by atoms with Gasteiger partial charge in [-0.2, -0.15) is 0 Å². The van der Waals surface area contributed by atoms with Gasteiger partial charge in [0.05, 0.1) is 12.1 Å². The van der Waals surface area contributed by atoms with Crippen LogP contribution < -0.4 is 0 Å². The summed E-state index contributed by atoms with van der Waals surface area (Å²) in [7, 11) is 0. The minimum atomic E-state index is -0.0650. The lowest BCUT2D eigenvalue weighted by Gasteiger charge is -2.18. The molecule has 1 atom stereocenters. The molecule has 2 aromatic rings. The highest BCUT2D eigenvalue weighted by Crippen LogP contribution is 2.17. The number of halogens is 1. The lowest BCUT2D eigenvalue weighted by molar-refractivity contribution is 0.0865. The molecular formula is C17H23ClN2O3. The Kier molecular flexibility index (Phi) is 6.02. The molecule has 3 rings (SSSR count). The Labute approximate surface area is 142 Å². The highest BCUT2D eigenvalue weighted by atomic mass is 35.5. The van der Waals surface area contributed by atoms with Gasteiger partial charge >= 0.3 is 0 Å². The molecule has 1 aliphatic rings. The van der Waals surface area contributed by atoms with E-state index in [1.54, 1.807) is 6.07 Å². The number of hydrogen-bond donors (Lipinski definition) is 0. The van der Waals surface area contributed by atoms with Gasteiger partial charge in [-0.1, -0.05) is 12.1 Å². The van der Waals surface area contributed by atoms with Crippen LogP contribution in [0.4, 0.5) is 0 Å². The summed E-state index contributed by atoms with van der Waals surface area (Å²) in [5.74, 6) is 2.01. The normalized spacial score (nSPS) is 16.3. The number of hydrogen-bond acceptors (Lipinski definition) is 5. The van der Waals surface area contributed by atoms with E-state index < -0.39 is 0 Å². The Morgan fingerprint density at radius 3 is 2.74 bits per heavy atom. The van der Waals surface area contributed by atoms with E-state index in [0.29, 0.717) is 12.2 Å². The van der Waals surface area contributed by atoms with E-state index in [1.807, 2.05) is 26.0 Å². The summed E-state index contributed by atoms with van der Waals surface area (Å²) < 4.78 is 10.8. The Morgan fingerprint density at radius 2 is 2.09 bits per heavy atom. The monoisotopic (exact) mass is 338 g/mol. The molecule has 0 saturated carbocycles. The van der Waals surface area contributed by atoms with Gasteiger partial charge in [0.25, 0.3) is 0 Å². The fraction of sp³-hybridized carbons (Fsp3) is 0.529. The second kappa shape index (κ2) is 7.79. The molecule has 1 fully saturated rings. The second-order valence-electron chi connectivity index (χ2n) is 6.14. The Morgan fingerprint density at radius 1 is 1.35 bits per heavy atom. The quantitative estimate of drug-likeness (QED) is 0.754. The molecule has 0 bridgehead atoms. The zero-order chi connectivity index (χ0) is 15.5. The van der Waals surface area contributed by atoms with E-state index in [9.17, 15) is 4.79 Å². The fourth-order valence-electron chi connectivity index (χ4n) is 2.95. The molecule has 2 aromatic heterocycles. The van der Waals surface area contributed by atoms with Crippen molar-refractivity contribution in [3.63, 3.8) is 0 Å². The van der Waals surface area contributed by atoms with Gasteiger partial charge in [0.15, 0.2) is 0 Å². The van der Waals surface area contributed by atoms with Crippen molar-refractivity contribution in [2.45, 2.75) is 33.1 Å². The van der Waals surface area contributed by atoms with Crippen LogP contribution in [0.1, 0.15) is 47.5 Å². The fourth-order valence-corrected chi connectivity index (χ4v) is 2.95. The van der Waals surface area contributed by atoms with Gasteiger partial charge in [-0.05, 0) is 45.0 Å². The van der Waals surface area contributed by atoms with Gasteiger partial charge in [-0.25, -0.2) is 0 Å². The zero-order valence-electron chi connectivity index (χ0n) is 13.6. The average Bonchev–Trinajstić information content (AvgIpc) is 3.21. The molecule has 0 aliphatic carbocycles. The molecule has 1 aliphatic heterocycles. The highest BCUT2D eigenvalue weighted by molar-refractivity contribution is 5.95. The highest BCUT2D eigenvalue weighted by Gasteiger charge is 2.23. The van der Waals surface area contributed by atoms with Crippen LogP contribution in [0, 0.1) is 12.8 Å². The largest absolute Gasteiger partial charge is 0.466 e. The molecule has 126 valence electrons. The minimum absolute atomic E-state index is 0. The summed E-state index contributed by atoms with van der Waals surface area (Å²) in [6.45, 7) is 6.85. The second-order valence-corrected chi connectivity index (χ2v) is 6.14. The summed E-state index contributed by atoms with van der Waals surface area (Å²) in [6, 6.07) is 5.57. The van der Waals surface area contributed by atoms with E-state index in [1.165, 1.54) is 12.8 Å². The van der Waals surface area contributed by atoms with Crippen molar-refractivity contribution in [1.29, 1.82) is 0 Å². The molecule has 0 amide bonds. The van der Waals surface area contributed by atoms with Crippen LogP contribution in [-0.2, 0) is 6.42 Å². The summed E-state index contributed by atoms with van der Waals surface area (Å²) in [4.78, 5) is 14.8. The number of furan rings is 1. The predicted molar refractivity (Wildman–Crippen MR) is 89.2 cm³/mol. The lowest BCUT2D eigenvalue weighted by Crippen LogP contribution is -2.29. The SMILES string of the molecule is Cc1ccc(Cc2cc(C(=O)C(C)CN3CCCC3)on2)o1.Cl. The summed E-state index contributed by atoms with van der Waals surface area (Å²) >= 11 is 0. The van der Waals surface area contributed by atoms with Crippen molar-refractivity contribution in [1.82, 2.24) is 10.1 Å². The summed E-state index contributed by atoms with van der Waals surface area (Å²) in [5.41, 5.74) is 0.728. The molecule has 6 heteroatoms. The standard InChI is InChI=1S/C17H22N2O3.ClH/c1-12(11-19-7-3-4-8-19)17(20)16-10-14(18-22-16)9-15-6-5-13(2)21-15;/h5-6,10,12H,3-4,7-9,11H2,1-2H3;1H. The smallest absolute Gasteiger partial charge is 0.204 e. The Balaban J connectivity index is 0.00000192. The number of Topliss-reactive ketones (excluding diaryl/α,β-unsaturated/α-hetero) is 1. The number of aromatic nitrogens is 1. The first kappa shape index (κ1) is 17.8. The van der Waals surface area contributed by atoms with Crippen LogP contribution >= 0.6 is 12.4 Å². The third-order valence-corrected chi connectivity index (χ3v) is 4.13. The third-order valence-electron chi connectivity index (χ3n) is 4.13. The number of aryl methyl sites for hydroxylation is 1. The van der Waals surface area contributed by atoms with Gasteiger partial charge < -0.3 is 13.8 Å². The van der Waals surface area contributed by atoms with Crippen molar-refractivity contribution in [3.05, 3.63) is 41.2 Å². The molecule has 1 unspecified atom stereocenters. The number of carbonyl (C=O) groups excluding carboxylic acids is 1. The topological polar surface area (TPSA) is 59.5 Å². The van der Waals surface area contributed by atoms with Gasteiger partial charge in [0, 0.05) is 18.5 Å². The minimum Gasteiger partial charge on any atom is -0.466 e. The molecule has 0 aromatic carbocycles. The third kappa shape index (κ3) is 4.45. The van der Waals surface area contributed by atoms with E-state index in [2.05, 4.69) is 10.1 Å². The van der Waals surface area contributed by atoms with E-state index in [0.717, 1.165) is 36.8 Å². The Hall–Kier alpha value is -1.59. The number of nitrogens with zero attached hydrogens (tertiary/aromatic N) is 2. The predicted octanol–water partition coefficient (Wildman–Crippen LogP) is 3.50. The summed E-state index contributed by atoms with van der Waals surface area (Å²) in [6.07, 6.45) is 3.01. The molecule has 0 N–H and O–H groups in total. The first-order valence-electron chi connectivity index (χ1n) is 7.89. The van der Waals surface area contributed by atoms with Gasteiger partial charge in [-0.3, -0.25) is 4.79 Å². The maximum Gasteiger partial charge on any atom is 0.204 e. The molecule has 5 nitrogen and oxygen atoms in total. The van der Waals surface area contributed by atoms with Crippen LogP contribution in [0.25, 0.3) is 0 Å². The zero-order valence-corrected chi connectivity index (χ0v) is 14.4. The van der Waals surface area contributed by atoms with Crippen molar-refractivity contribution in [3.8, 4) is 0 Å². The lowest BCUT2D eigenvalue weighted by atomic mass is 10.0. The van der Waals surface area contributed by atoms with E-state index in [-0.39, 0.29) is 24.1 Å². The number of ketones is 1. The van der Waals surface area contributed by atoms with E-state index >= 15 is 0 Å². The molecule has 23 heavy (non-hydrogen) atoms. The van der Waals surface area contributed by atoms with Crippen LogP contribution in [0.2, 0.25) is 0 Å². The van der Waals surface area contributed by atoms with Gasteiger partial charge in [0.1, 0.15) is 11.5 Å². The number of likely N-dealkylation sites (tertiary alicyclic amines) is 1. The van der Waals surface area contributed by atoms with Crippen LogP contribution in [-0.4, -0.2) is 35.5 Å². The molecular weight excluding hydrogens is 316 g/mol. The van der Waals surface area contributed by atoms with Crippen molar-refractivity contribution in [2.24, 2.45) is 5.92 Å². The van der Waals surface area contributed by atoms with Gasteiger partial charge in [0.2, 0.25) is 11.5 Å². The van der Waals surface area contributed by atoms with Crippen LogP contribution in [0.15, 0.2) is 27.1 Å². The number of carbonyl (C=O) groups is 1. The van der Waals surface area contributed by atoms with Crippen molar-refractivity contribution >= 4 is 18.2 Å². The average molecular weight is 339 g/mol. The Bertz CT molecular complexity index is 644. The van der Waals surface area contributed by atoms with Crippen molar-refractivity contribution < 1.29 is 13.7 Å².